The van der Waals surface area contributed by atoms with Crippen molar-refractivity contribution in [3.05, 3.63) is 59.7 Å². The molecule has 2 aliphatic heterocycles. The summed E-state index contributed by atoms with van der Waals surface area (Å²) in [5, 5.41) is 7.36. The summed E-state index contributed by atoms with van der Waals surface area (Å²) in [7, 11) is 2.02. The highest BCUT2D eigenvalue weighted by Gasteiger charge is 2.51. The minimum Gasteiger partial charge on any atom is -0.332 e. The van der Waals surface area contributed by atoms with Crippen LogP contribution in [0.15, 0.2) is 48.5 Å². The van der Waals surface area contributed by atoms with Gasteiger partial charge in [-0.05, 0) is 26.1 Å². The van der Waals surface area contributed by atoms with E-state index in [0.717, 1.165) is 50.0 Å². The number of hydrogen-bond donors (Lipinski definition) is 1. The van der Waals surface area contributed by atoms with Crippen molar-refractivity contribution in [2.45, 2.75) is 44.7 Å². The predicted octanol–water partition coefficient (Wildman–Crippen LogP) is 5.50. The van der Waals surface area contributed by atoms with Crippen LogP contribution in [-0.4, -0.2) is 33.8 Å². The van der Waals surface area contributed by atoms with Crippen LogP contribution < -0.4 is 5.32 Å². The van der Waals surface area contributed by atoms with E-state index in [-0.39, 0.29) is 36.2 Å². The summed E-state index contributed by atoms with van der Waals surface area (Å²) in [6.45, 7) is 4.43. The van der Waals surface area contributed by atoms with Gasteiger partial charge in [-0.25, -0.2) is 0 Å². The van der Waals surface area contributed by atoms with Crippen LogP contribution in [-0.2, 0) is 10.5 Å². The molecule has 0 spiro atoms. The fourth-order valence-electron chi connectivity index (χ4n) is 7.36. The second kappa shape index (κ2) is 6.20. The fourth-order valence-corrected chi connectivity index (χ4v) is 7.36. The van der Waals surface area contributed by atoms with Crippen molar-refractivity contribution in [2.75, 3.05) is 7.05 Å². The van der Waals surface area contributed by atoms with Gasteiger partial charge < -0.3 is 19.2 Å². The summed E-state index contributed by atoms with van der Waals surface area (Å²) in [6.07, 6.45) is 0.552. The van der Waals surface area contributed by atoms with Crippen LogP contribution in [0.5, 0.6) is 0 Å². The molecule has 35 heavy (non-hydrogen) atoms. The van der Waals surface area contributed by atoms with E-state index in [1.165, 1.54) is 0 Å². The molecule has 0 saturated carbocycles. The predicted molar refractivity (Wildman–Crippen MR) is 136 cm³/mol. The van der Waals surface area contributed by atoms with Crippen LogP contribution in [0.2, 0.25) is 0 Å². The molecule has 2 bridgehead atoms. The van der Waals surface area contributed by atoms with Crippen LogP contribution in [0.25, 0.3) is 43.6 Å². The van der Waals surface area contributed by atoms with Gasteiger partial charge in [0.1, 0.15) is 12.0 Å². The molecule has 1 fully saturated rings. The molecule has 174 valence electrons. The molecule has 0 unspecified atom stereocenters. The second-order valence-corrected chi connectivity index (χ2v) is 10.5. The Bertz CT molecular complexity index is 1810. The molecule has 4 heterocycles. The lowest BCUT2D eigenvalue weighted by Gasteiger charge is -2.48. The number of nitrogens with zero attached hydrogens (tertiary/aromatic N) is 2. The molecule has 1 aliphatic carbocycles. The Kier molecular flexibility index (Phi) is 3.50. The maximum atomic E-state index is 13.4. The van der Waals surface area contributed by atoms with Crippen LogP contribution in [0, 0.1) is 5.92 Å². The Hall–Kier alpha value is -3.48. The fraction of sp³-hybridized carbons (Fsp3) is 0.310. The third-order valence-electron chi connectivity index (χ3n) is 9.02. The van der Waals surface area contributed by atoms with Gasteiger partial charge in [0.05, 0.1) is 28.5 Å². The van der Waals surface area contributed by atoms with Gasteiger partial charge >= 0.3 is 0 Å². The van der Waals surface area contributed by atoms with Crippen molar-refractivity contribution in [1.82, 2.24) is 14.5 Å². The number of aromatic nitrogens is 2. The topological polar surface area (TPSA) is 65.3 Å². The molecule has 4 atom stereocenters. The molecule has 1 N–H and O–H groups in total. The molecular formula is C29H25N3O3. The average Bonchev–Trinajstić information content (AvgIpc) is 3.45. The zero-order valence-electron chi connectivity index (χ0n) is 19.9. The summed E-state index contributed by atoms with van der Waals surface area (Å²) in [4.78, 5) is 26.8. The highest BCUT2D eigenvalue weighted by molar-refractivity contribution is 6.40. The van der Waals surface area contributed by atoms with E-state index in [2.05, 4.69) is 52.6 Å². The van der Waals surface area contributed by atoms with Crippen molar-refractivity contribution < 1.29 is 14.3 Å². The van der Waals surface area contributed by atoms with Crippen LogP contribution >= 0.6 is 0 Å². The van der Waals surface area contributed by atoms with Crippen molar-refractivity contribution >= 4 is 55.2 Å². The Labute approximate surface area is 201 Å². The highest BCUT2D eigenvalue weighted by atomic mass is 16.5. The number of para-hydroxylation sites is 2. The minimum atomic E-state index is -0.648. The number of carbonyl (C=O) groups excluding carboxylic acids is 2. The van der Waals surface area contributed by atoms with Gasteiger partial charge in [0.2, 0.25) is 0 Å². The minimum absolute atomic E-state index is 0.0576. The first kappa shape index (κ1) is 19.8. The van der Waals surface area contributed by atoms with Crippen molar-refractivity contribution in [3.63, 3.8) is 0 Å². The van der Waals surface area contributed by atoms with Crippen molar-refractivity contribution in [1.29, 1.82) is 0 Å². The first-order chi connectivity index (χ1) is 17.0. The van der Waals surface area contributed by atoms with Gasteiger partial charge in [0.25, 0.3) is 0 Å². The van der Waals surface area contributed by atoms with Crippen LogP contribution in [0.3, 0.4) is 0 Å². The number of Topliss-reactive ketones (excluding diaryl/α,β-unsaturated/α-hetero) is 2. The molecule has 5 aromatic rings. The number of ether oxygens (including phenoxy) is 1. The van der Waals surface area contributed by atoms with Gasteiger partial charge in [-0.15, -0.1) is 0 Å². The van der Waals surface area contributed by atoms with E-state index in [0.29, 0.717) is 11.1 Å². The first-order valence-corrected chi connectivity index (χ1v) is 12.4. The van der Waals surface area contributed by atoms with E-state index in [9.17, 15) is 9.59 Å². The van der Waals surface area contributed by atoms with Crippen molar-refractivity contribution in [2.24, 2.45) is 5.92 Å². The largest absolute Gasteiger partial charge is 0.332 e. The maximum Gasteiger partial charge on any atom is 0.172 e. The van der Waals surface area contributed by atoms with Gasteiger partial charge in [0.15, 0.2) is 11.6 Å². The summed E-state index contributed by atoms with van der Waals surface area (Å²) >= 11 is 0. The summed E-state index contributed by atoms with van der Waals surface area (Å²) in [5.74, 6) is 0.0118. The van der Waals surface area contributed by atoms with Crippen LogP contribution in [0.1, 0.15) is 53.6 Å². The number of rotatable bonds is 1. The summed E-state index contributed by atoms with van der Waals surface area (Å²) < 4.78 is 11.7. The molecule has 2 aromatic heterocycles. The van der Waals surface area contributed by atoms with E-state index < -0.39 is 5.72 Å². The Morgan fingerprint density at radius 2 is 1.51 bits per heavy atom. The van der Waals surface area contributed by atoms with Crippen molar-refractivity contribution in [3.8, 4) is 0 Å². The standard InChI is InChI=1S/C29H25N3O3/c1-14-17(30-3)12-22-31-18-10-6-4-8-15(18)23-25-20(33)13-21(34)26(25)24-16-9-5-7-11-19(16)32(28(24)27(23)31)29(14,2)35-22/h4-11,14,17,22,30H,12-13H2,1-3H3/t14-,17-,22-,29+/m1/s1. The summed E-state index contributed by atoms with van der Waals surface area (Å²) in [6, 6.07) is 16.7. The van der Waals surface area contributed by atoms with Crippen LogP contribution in [0.4, 0.5) is 0 Å². The van der Waals surface area contributed by atoms with Gasteiger partial charge in [-0.2, -0.15) is 0 Å². The maximum absolute atomic E-state index is 13.4. The Balaban J connectivity index is 1.76. The van der Waals surface area contributed by atoms with Gasteiger partial charge in [-0.1, -0.05) is 43.3 Å². The smallest absolute Gasteiger partial charge is 0.172 e. The number of benzene rings is 3. The number of fused-ring (bicyclic) bond motifs is 13. The first-order valence-electron chi connectivity index (χ1n) is 12.4. The molecule has 3 aliphatic rings. The van der Waals surface area contributed by atoms with Gasteiger partial charge in [-0.3, -0.25) is 9.59 Å². The third kappa shape index (κ3) is 2.07. The number of nitrogens with one attached hydrogen (secondary N) is 1. The molecule has 1 saturated heterocycles. The van der Waals surface area contributed by atoms with E-state index in [1.54, 1.807) is 0 Å². The Morgan fingerprint density at radius 3 is 2.20 bits per heavy atom. The lowest BCUT2D eigenvalue weighted by molar-refractivity contribution is -0.224. The summed E-state index contributed by atoms with van der Waals surface area (Å²) in [5.41, 5.74) is 4.63. The molecule has 3 aromatic carbocycles. The monoisotopic (exact) mass is 463 g/mol. The zero-order valence-corrected chi connectivity index (χ0v) is 19.9. The molecule has 6 nitrogen and oxygen atoms in total. The lowest BCUT2D eigenvalue weighted by Crippen LogP contribution is -2.54. The SMILES string of the molecule is CN[C@@H]1C[C@H]2O[C@@](C)([C@@H]1C)n1c3ccccc3c3c4c(c5c6ccccc6n2c5c31)C(=O)CC4=O. The third-order valence-corrected chi connectivity index (χ3v) is 9.02. The molecular weight excluding hydrogens is 438 g/mol. The number of hydrogen-bond acceptors (Lipinski definition) is 4. The Morgan fingerprint density at radius 1 is 0.914 bits per heavy atom. The number of carbonyl (C=O) groups is 2. The van der Waals surface area contributed by atoms with Gasteiger partial charge in [0, 0.05) is 51.1 Å². The molecule has 0 radical (unpaired) electrons. The van der Waals surface area contributed by atoms with E-state index in [4.69, 9.17) is 4.74 Å². The zero-order chi connectivity index (χ0) is 23.8. The molecule has 8 rings (SSSR count). The quantitative estimate of drug-likeness (QED) is 0.333. The van der Waals surface area contributed by atoms with E-state index in [1.807, 2.05) is 31.3 Å². The molecule has 0 amide bonds. The average molecular weight is 464 g/mol. The van der Waals surface area contributed by atoms with E-state index >= 15 is 0 Å². The lowest BCUT2D eigenvalue weighted by atomic mass is 9.85. The second-order valence-electron chi connectivity index (χ2n) is 10.5. The highest BCUT2D eigenvalue weighted by Crippen LogP contribution is 2.54. The number of ketones is 2. The molecule has 6 heteroatoms. The normalized spacial score (nSPS) is 27.6.